The van der Waals surface area contributed by atoms with Gasteiger partial charge in [-0.25, -0.2) is 0 Å². The van der Waals surface area contributed by atoms with Gasteiger partial charge < -0.3 is 5.73 Å². The Kier molecular flexibility index (Phi) is 4.96. The van der Waals surface area contributed by atoms with E-state index in [1.165, 1.54) is 11.1 Å². The zero-order valence-corrected chi connectivity index (χ0v) is 12.7. The summed E-state index contributed by atoms with van der Waals surface area (Å²) in [6.07, 6.45) is 4.08. The Bertz CT molecular complexity index is 545. The van der Waals surface area contributed by atoms with E-state index in [1.807, 2.05) is 0 Å². The lowest BCUT2D eigenvalue weighted by atomic mass is 9.93. The third-order valence-corrected chi connectivity index (χ3v) is 3.96. The molecule has 2 rings (SSSR count). The molecule has 0 bridgehead atoms. The minimum atomic E-state index is 0.343. The van der Waals surface area contributed by atoms with Gasteiger partial charge in [-0.1, -0.05) is 36.8 Å². The van der Waals surface area contributed by atoms with Crippen molar-refractivity contribution in [3.05, 3.63) is 53.3 Å². The number of nitrogens with two attached hydrogens (primary N) is 1. The van der Waals surface area contributed by atoms with Crippen LogP contribution in [0.3, 0.4) is 0 Å². The van der Waals surface area contributed by atoms with Gasteiger partial charge in [0.1, 0.15) is 0 Å². The van der Waals surface area contributed by atoms with Crippen LogP contribution in [-0.2, 0) is 6.42 Å². The molecule has 2 aromatic rings. The second-order valence-electron chi connectivity index (χ2n) is 5.60. The third-order valence-electron chi connectivity index (χ3n) is 3.96. The molecule has 2 atom stereocenters. The topological polar surface area (TPSA) is 43.8 Å². The molecule has 1 heterocycles. The van der Waals surface area contributed by atoms with Crippen LogP contribution >= 0.6 is 0 Å². The zero-order valence-electron chi connectivity index (χ0n) is 12.7. The van der Waals surface area contributed by atoms with Gasteiger partial charge in [0.25, 0.3) is 0 Å². The molecule has 0 saturated carbocycles. The van der Waals surface area contributed by atoms with Gasteiger partial charge in [0.15, 0.2) is 0 Å². The Morgan fingerprint density at radius 2 is 2.10 bits per heavy atom. The van der Waals surface area contributed by atoms with Crippen LogP contribution in [0.2, 0.25) is 0 Å². The first kappa shape index (κ1) is 14.8. The zero-order chi connectivity index (χ0) is 14.5. The molecule has 0 aliphatic rings. The fourth-order valence-corrected chi connectivity index (χ4v) is 2.43. The number of benzene rings is 1. The molecule has 1 aromatic heterocycles. The highest BCUT2D eigenvalue weighted by atomic mass is 15.3. The van der Waals surface area contributed by atoms with Crippen molar-refractivity contribution in [2.75, 3.05) is 6.54 Å². The van der Waals surface area contributed by atoms with E-state index in [0.29, 0.717) is 18.5 Å². The van der Waals surface area contributed by atoms with Gasteiger partial charge in [-0.3, -0.25) is 4.68 Å². The van der Waals surface area contributed by atoms with Crippen LogP contribution in [0.5, 0.6) is 0 Å². The predicted molar refractivity (Wildman–Crippen MR) is 83.9 cm³/mol. The second kappa shape index (κ2) is 6.71. The largest absolute Gasteiger partial charge is 0.330 e. The average molecular weight is 271 g/mol. The van der Waals surface area contributed by atoms with Crippen LogP contribution in [0.25, 0.3) is 0 Å². The summed E-state index contributed by atoms with van der Waals surface area (Å²) in [6.45, 7) is 7.15. The standard InChI is InChI=1S/C17H25N3/c1-4-14(3)20-9-8-17(19-20)11-16(12-18)15-7-5-6-13(2)10-15/h5-10,14,16H,4,11-12,18H2,1-3H3. The van der Waals surface area contributed by atoms with E-state index in [1.54, 1.807) is 0 Å². The first-order valence-electron chi connectivity index (χ1n) is 7.44. The lowest BCUT2D eigenvalue weighted by molar-refractivity contribution is 0.471. The highest BCUT2D eigenvalue weighted by molar-refractivity contribution is 5.27. The molecule has 108 valence electrons. The molecule has 2 unspecified atom stereocenters. The van der Waals surface area contributed by atoms with Gasteiger partial charge in [-0.15, -0.1) is 0 Å². The maximum Gasteiger partial charge on any atom is 0.0631 e. The molecule has 0 aliphatic carbocycles. The van der Waals surface area contributed by atoms with E-state index >= 15 is 0 Å². The Hall–Kier alpha value is -1.61. The maximum absolute atomic E-state index is 5.96. The SMILES string of the molecule is CCC(C)n1ccc(CC(CN)c2cccc(C)c2)n1. The van der Waals surface area contributed by atoms with E-state index in [4.69, 9.17) is 5.73 Å². The number of aryl methyl sites for hydroxylation is 1. The molecular formula is C17H25N3. The highest BCUT2D eigenvalue weighted by Gasteiger charge is 2.13. The van der Waals surface area contributed by atoms with Gasteiger partial charge in [0.05, 0.1) is 5.69 Å². The molecular weight excluding hydrogens is 246 g/mol. The lowest BCUT2D eigenvalue weighted by Gasteiger charge is -2.15. The molecule has 0 aliphatic heterocycles. The predicted octanol–water partition coefficient (Wildman–Crippen LogP) is 3.45. The summed E-state index contributed by atoms with van der Waals surface area (Å²) in [5, 5.41) is 4.68. The van der Waals surface area contributed by atoms with Crippen molar-refractivity contribution in [2.45, 2.75) is 45.6 Å². The number of rotatable bonds is 6. The summed E-state index contributed by atoms with van der Waals surface area (Å²) in [5.74, 6) is 0.343. The Morgan fingerprint density at radius 3 is 2.75 bits per heavy atom. The number of hydrogen-bond acceptors (Lipinski definition) is 2. The summed E-state index contributed by atoms with van der Waals surface area (Å²) in [6, 6.07) is 11.2. The molecule has 3 nitrogen and oxygen atoms in total. The van der Waals surface area contributed by atoms with Crippen LogP contribution in [0.4, 0.5) is 0 Å². The van der Waals surface area contributed by atoms with Crippen molar-refractivity contribution in [3.8, 4) is 0 Å². The van der Waals surface area contributed by atoms with Crippen molar-refractivity contribution >= 4 is 0 Å². The smallest absolute Gasteiger partial charge is 0.0631 e. The lowest BCUT2D eigenvalue weighted by Crippen LogP contribution is -2.16. The molecule has 0 radical (unpaired) electrons. The van der Waals surface area contributed by atoms with E-state index in [9.17, 15) is 0 Å². The Morgan fingerprint density at radius 1 is 1.30 bits per heavy atom. The quantitative estimate of drug-likeness (QED) is 0.874. The van der Waals surface area contributed by atoms with E-state index in [2.05, 4.69) is 67.1 Å². The summed E-state index contributed by atoms with van der Waals surface area (Å²) in [5.41, 5.74) is 9.68. The average Bonchev–Trinajstić information content (AvgIpc) is 2.92. The molecule has 20 heavy (non-hydrogen) atoms. The highest BCUT2D eigenvalue weighted by Crippen LogP contribution is 2.21. The van der Waals surface area contributed by atoms with E-state index in [-0.39, 0.29) is 0 Å². The van der Waals surface area contributed by atoms with E-state index in [0.717, 1.165) is 18.5 Å². The van der Waals surface area contributed by atoms with Crippen LogP contribution in [-0.4, -0.2) is 16.3 Å². The van der Waals surface area contributed by atoms with Gasteiger partial charge in [-0.05, 0) is 44.9 Å². The van der Waals surface area contributed by atoms with Crippen LogP contribution in [0.1, 0.15) is 49.0 Å². The van der Waals surface area contributed by atoms with Crippen LogP contribution in [0, 0.1) is 6.92 Å². The minimum absolute atomic E-state index is 0.343. The van der Waals surface area contributed by atoms with Gasteiger partial charge in [0, 0.05) is 18.2 Å². The molecule has 0 spiro atoms. The number of aromatic nitrogens is 2. The Labute approximate surface area is 121 Å². The molecule has 0 amide bonds. The van der Waals surface area contributed by atoms with Crippen molar-refractivity contribution in [1.82, 2.24) is 9.78 Å². The van der Waals surface area contributed by atoms with E-state index < -0.39 is 0 Å². The maximum atomic E-state index is 5.96. The monoisotopic (exact) mass is 271 g/mol. The normalized spacial score (nSPS) is 14.2. The molecule has 0 saturated heterocycles. The Balaban J connectivity index is 2.12. The van der Waals surface area contributed by atoms with Gasteiger partial charge >= 0.3 is 0 Å². The van der Waals surface area contributed by atoms with Crippen molar-refractivity contribution in [1.29, 1.82) is 0 Å². The molecule has 3 heteroatoms. The van der Waals surface area contributed by atoms with Crippen LogP contribution in [0.15, 0.2) is 36.5 Å². The number of nitrogens with zero attached hydrogens (tertiary/aromatic N) is 2. The van der Waals surface area contributed by atoms with Crippen LogP contribution < -0.4 is 5.73 Å². The molecule has 1 aromatic carbocycles. The summed E-state index contributed by atoms with van der Waals surface area (Å²) in [7, 11) is 0. The van der Waals surface area contributed by atoms with Gasteiger partial charge in [0.2, 0.25) is 0 Å². The minimum Gasteiger partial charge on any atom is -0.330 e. The summed E-state index contributed by atoms with van der Waals surface area (Å²) >= 11 is 0. The second-order valence-corrected chi connectivity index (χ2v) is 5.60. The van der Waals surface area contributed by atoms with Gasteiger partial charge in [-0.2, -0.15) is 5.10 Å². The molecule has 2 N–H and O–H groups in total. The first-order chi connectivity index (χ1) is 9.63. The fourth-order valence-electron chi connectivity index (χ4n) is 2.43. The summed E-state index contributed by atoms with van der Waals surface area (Å²) < 4.78 is 2.05. The van der Waals surface area contributed by atoms with Crippen molar-refractivity contribution < 1.29 is 0 Å². The summed E-state index contributed by atoms with van der Waals surface area (Å²) in [4.78, 5) is 0. The fraction of sp³-hybridized carbons (Fsp3) is 0.471. The first-order valence-corrected chi connectivity index (χ1v) is 7.44. The van der Waals surface area contributed by atoms with Crippen molar-refractivity contribution in [3.63, 3.8) is 0 Å². The third kappa shape index (κ3) is 3.48. The van der Waals surface area contributed by atoms with Crippen molar-refractivity contribution in [2.24, 2.45) is 5.73 Å². The molecule has 0 fully saturated rings. The number of hydrogen-bond donors (Lipinski definition) is 1.